The number of amides is 1. The number of hydrazone groups is 1. The Kier molecular flexibility index (Phi) is 8.63. The van der Waals surface area contributed by atoms with Crippen LogP contribution >= 0.6 is 23.4 Å². The second-order valence-corrected chi connectivity index (χ2v) is 11.6. The van der Waals surface area contributed by atoms with Gasteiger partial charge in [0.05, 0.1) is 28.9 Å². The largest absolute Gasteiger partial charge is 0.495 e. The fourth-order valence-electron chi connectivity index (χ4n) is 3.45. The molecule has 1 heterocycles. The van der Waals surface area contributed by atoms with Crippen molar-refractivity contribution in [3.63, 3.8) is 0 Å². The van der Waals surface area contributed by atoms with Crippen LogP contribution in [0.4, 0.5) is 5.69 Å². The van der Waals surface area contributed by atoms with Crippen LogP contribution in [0.25, 0.3) is 0 Å². The Balaban J connectivity index is 1.52. The zero-order valence-electron chi connectivity index (χ0n) is 20.3. The first kappa shape index (κ1) is 26.8. The number of hydrogen-bond donors (Lipinski definition) is 1. The normalized spacial score (nSPS) is 13.7. The fourth-order valence-corrected chi connectivity index (χ4v) is 5.68. The lowest BCUT2D eigenvalue weighted by Crippen LogP contribution is -2.39. The van der Waals surface area contributed by atoms with E-state index < -0.39 is 22.5 Å². The summed E-state index contributed by atoms with van der Waals surface area (Å²) < 4.78 is 39.1. The number of methoxy groups -OCH3 is 1. The van der Waals surface area contributed by atoms with E-state index in [0.717, 1.165) is 32.7 Å². The third-order valence-corrected chi connectivity index (χ3v) is 8.79. The summed E-state index contributed by atoms with van der Waals surface area (Å²) in [5.74, 6) is 2.42. The third kappa shape index (κ3) is 6.76. The number of carbonyl (C=O) groups excluding carboxylic acids is 1. The van der Waals surface area contributed by atoms with Crippen molar-refractivity contribution < 1.29 is 22.7 Å². The molecule has 1 amide bonds. The smallest absolute Gasteiger partial charge is 0.264 e. The van der Waals surface area contributed by atoms with Crippen LogP contribution in [0, 0.1) is 6.92 Å². The van der Waals surface area contributed by atoms with Gasteiger partial charge in [-0.3, -0.25) is 9.10 Å². The molecule has 0 aromatic heterocycles. The first-order chi connectivity index (χ1) is 17.8. The van der Waals surface area contributed by atoms with Crippen LogP contribution in [-0.4, -0.2) is 51.8 Å². The minimum absolute atomic E-state index is 0.0445. The van der Waals surface area contributed by atoms with Crippen molar-refractivity contribution in [3.05, 3.63) is 82.9 Å². The van der Waals surface area contributed by atoms with Crippen molar-refractivity contribution in [2.75, 3.05) is 29.5 Å². The minimum Gasteiger partial charge on any atom is -0.495 e. The number of ether oxygens (including phenoxy) is 2. The van der Waals surface area contributed by atoms with Crippen molar-refractivity contribution in [1.29, 1.82) is 0 Å². The zero-order valence-corrected chi connectivity index (χ0v) is 22.6. The summed E-state index contributed by atoms with van der Waals surface area (Å²) in [7, 11) is -2.63. The summed E-state index contributed by atoms with van der Waals surface area (Å²) in [5, 5.41) is 4.22. The van der Waals surface area contributed by atoms with Crippen molar-refractivity contribution >= 4 is 51.2 Å². The van der Waals surface area contributed by atoms with Gasteiger partial charge in [-0.15, -0.1) is 0 Å². The zero-order chi connectivity index (χ0) is 26.4. The van der Waals surface area contributed by atoms with Crippen LogP contribution in [-0.2, 0) is 14.8 Å². The van der Waals surface area contributed by atoms with E-state index >= 15 is 0 Å². The molecule has 0 atom stereocenters. The van der Waals surface area contributed by atoms with E-state index in [1.807, 2.05) is 43.0 Å². The van der Waals surface area contributed by atoms with E-state index in [1.165, 1.54) is 37.6 Å². The molecule has 3 aromatic carbocycles. The van der Waals surface area contributed by atoms with Gasteiger partial charge in [-0.2, -0.15) is 16.9 Å². The number of hydrogen-bond acceptors (Lipinski definition) is 7. The topological polar surface area (TPSA) is 97.3 Å². The van der Waals surface area contributed by atoms with Gasteiger partial charge in [0.2, 0.25) is 0 Å². The molecule has 37 heavy (non-hydrogen) atoms. The Morgan fingerprint density at radius 1 is 1.16 bits per heavy atom. The molecule has 0 radical (unpaired) electrons. The molecule has 0 bridgehead atoms. The molecule has 0 spiro atoms. The van der Waals surface area contributed by atoms with E-state index in [0.29, 0.717) is 5.75 Å². The number of rotatable bonds is 10. The Labute approximate surface area is 225 Å². The highest BCUT2D eigenvalue weighted by Gasteiger charge is 2.28. The van der Waals surface area contributed by atoms with Gasteiger partial charge in [0.15, 0.2) is 0 Å². The lowest BCUT2D eigenvalue weighted by Gasteiger charge is -2.25. The second kappa shape index (κ2) is 11.9. The number of nitrogens with one attached hydrogen (secondary N) is 1. The summed E-state index contributed by atoms with van der Waals surface area (Å²) in [6, 6.07) is 18.2. The maximum absolute atomic E-state index is 13.5. The molecule has 8 nitrogen and oxygen atoms in total. The summed E-state index contributed by atoms with van der Waals surface area (Å²) >= 11 is 8.09. The van der Waals surface area contributed by atoms with Crippen molar-refractivity contribution in [1.82, 2.24) is 5.43 Å². The van der Waals surface area contributed by atoms with E-state index in [1.54, 1.807) is 18.2 Å². The number of halogens is 1. The Bertz CT molecular complexity index is 1390. The molecule has 1 saturated heterocycles. The molecule has 0 saturated carbocycles. The lowest BCUT2D eigenvalue weighted by molar-refractivity contribution is -0.119. The van der Waals surface area contributed by atoms with E-state index in [9.17, 15) is 13.2 Å². The first-order valence-electron chi connectivity index (χ1n) is 11.4. The molecule has 0 aliphatic carbocycles. The number of nitrogens with zero attached hydrogens (tertiary/aromatic N) is 2. The van der Waals surface area contributed by atoms with Crippen LogP contribution in [0.15, 0.2) is 76.7 Å². The van der Waals surface area contributed by atoms with Gasteiger partial charge in [0.1, 0.15) is 24.1 Å². The number of anilines is 1. The maximum atomic E-state index is 13.5. The Morgan fingerprint density at radius 3 is 2.57 bits per heavy atom. The molecule has 1 fully saturated rings. The highest BCUT2D eigenvalue weighted by Crippen LogP contribution is 2.32. The van der Waals surface area contributed by atoms with Crippen LogP contribution in [0.2, 0.25) is 5.02 Å². The van der Waals surface area contributed by atoms with Crippen molar-refractivity contribution in [2.24, 2.45) is 5.10 Å². The van der Waals surface area contributed by atoms with Crippen molar-refractivity contribution in [2.45, 2.75) is 17.9 Å². The molecule has 0 unspecified atom stereocenters. The van der Waals surface area contributed by atoms with Crippen molar-refractivity contribution in [3.8, 4) is 11.5 Å². The van der Waals surface area contributed by atoms with Gasteiger partial charge in [-0.05, 0) is 55.0 Å². The predicted molar refractivity (Wildman–Crippen MR) is 148 cm³/mol. The van der Waals surface area contributed by atoms with Crippen LogP contribution in [0.5, 0.6) is 11.5 Å². The molecular weight excluding hydrogens is 534 g/mol. The van der Waals surface area contributed by atoms with Gasteiger partial charge in [-0.25, -0.2) is 13.8 Å². The van der Waals surface area contributed by atoms with E-state index in [2.05, 4.69) is 10.5 Å². The van der Waals surface area contributed by atoms with Gasteiger partial charge in [0.25, 0.3) is 15.9 Å². The molecule has 194 valence electrons. The quantitative estimate of drug-likeness (QED) is 0.290. The number of thioether (sulfide) groups is 1. The maximum Gasteiger partial charge on any atom is 0.264 e. The average molecular weight is 560 g/mol. The standard InChI is InChI=1S/C26H26ClN3O5S2/c1-18-6-9-23(10-7-18)37(32,33)30(20-8-11-25(34-2)24(27)13-20)15-26(31)29-28-14-19-4-3-5-21(12-19)35-22-16-36-17-22/h3-14,22H,15-17H2,1-2H3,(H,29,31)/b28-14-. The number of carbonyl (C=O) groups is 1. The molecule has 4 rings (SSSR count). The number of aryl methyl sites for hydroxylation is 1. The molecule has 1 N–H and O–H groups in total. The molecule has 3 aromatic rings. The van der Waals surface area contributed by atoms with Gasteiger partial charge >= 0.3 is 0 Å². The second-order valence-electron chi connectivity index (χ2n) is 8.29. The Morgan fingerprint density at radius 2 is 1.92 bits per heavy atom. The number of sulfonamides is 1. The van der Waals surface area contributed by atoms with E-state index in [4.69, 9.17) is 21.1 Å². The van der Waals surface area contributed by atoms with Crippen LogP contribution < -0.4 is 19.2 Å². The predicted octanol–water partition coefficient (Wildman–Crippen LogP) is 4.50. The highest BCUT2D eigenvalue weighted by atomic mass is 35.5. The van der Waals surface area contributed by atoms with Crippen LogP contribution in [0.3, 0.4) is 0 Å². The van der Waals surface area contributed by atoms with Crippen LogP contribution in [0.1, 0.15) is 11.1 Å². The highest BCUT2D eigenvalue weighted by molar-refractivity contribution is 8.00. The van der Waals surface area contributed by atoms with E-state index in [-0.39, 0.29) is 21.7 Å². The average Bonchev–Trinajstić information content (AvgIpc) is 2.85. The first-order valence-corrected chi connectivity index (χ1v) is 14.3. The Hall–Kier alpha value is -3.21. The molecule has 1 aliphatic heterocycles. The monoisotopic (exact) mass is 559 g/mol. The molecule has 11 heteroatoms. The number of benzene rings is 3. The fraction of sp³-hybridized carbons (Fsp3) is 0.231. The SMILES string of the molecule is COc1ccc(N(CC(=O)N/N=C\c2cccc(OC3CSC3)c2)S(=O)(=O)c2ccc(C)cc2)cc1Cl. The minimum atomic E-state index is -4.09. The third-order valence-electron chi connectivity index (χ3n) is 5.49. The molecule has 1 aliphatic rings. The summed E-state index contributed by atoms with van der Waals surface area (Å²) in [6.07, 6.45) is 1.69. The lowest BCUT2D eigenvalue weighted by atomic mass is 10.2. The van der Waals surface area contributed by atoms with Gasteiger partial charge in [-0.1, -0.05) is 41.4 Å². The summed E-state index contributed by atoms with van der Waals surface area (Å²) in [5.41, 5.74) is 4.26. The summed E-state index contributed by atoms with van der Waals surface area (Å²) in [6.45, 7) is 1.34. The van der Waals surface area contributed by atoms with Gasteiger partial charge < -0.3 is 9.47 Å². The van der Waals surface area contributed by atoms with Gasteiger partial charge in [0, 0.05) is 11.5 Å². The molecular formula is C26H26ClN3O5S2. The summed E-state index contributed by atoms with van der Waals surface area (Å²) in [4.78, 5) is 12.8.